The Labute approximate surface area is 129 Å². The predicted molar refractivity (Wildman–Crippen MR) is 82.6 cm³/mol. The number of benzene rings is 1. The summed E-state index contributed by atoms with van der Waals surface area (Å²) in [5, 5.41) is 9.99. The van der Waals surface area contributed by atoms with Crippen molar-refractivity contribution < 1.29 is 13.5 Å². The van der Waals surface area contributed by atoms with E-state index in [9.17, 15) is 13.5 Å². The zero-order valence-corrected chi connectivity index (χ0v) is 13.6. The molecule has 1 atom stereocenters. The molecule has 0 radical (unpaired) electrons. The van der Waals surface area contributed by atoms with E-state index in [2.05, 4.69) is 15.9 Å². The van der Waals surface area contributed by atoms with E-state index >= 15 is 0 Å². The van der Waals surface area contributed by atoms with Crippen LogP contribution in [0.25, 0.3) is 0 Å². The van der Waals surface area contributed by atoms with Crippen LogP contribution in [0.2, 0.25) is 0 Å². The van der Waals surface area contributed by atoms with E-state index < -0.39 is 16.1 Å². The first kappa shape index (κ1) is 14.1. The summed E-state index contributed by atoms with van der Waals surface area (Å²) < 4.78 is 27.9. The molecule has 0 aliphatic carbocycles. The van der Waals surface area contributed by atoms with Gasteiger partial charge in [0.15, 0.2) is 0 Å². The molecule has 0 spiro atoms. The van der Waals surface area contributed by atoms with Gasteiger partial charge in [-0.3, -0.25) is 4.31 Å². The van der Waals surface area contributed by atoms with Crippen molar-refractivity contribution in [1.82, 2.24) is 0 Å². The fourth-order valence-corrected chi connectivity index (χ4v) is 5.94. The van der Waals surface area contributed by atoms with E-state index in [1.165, 1.54) is 15.6 Å². The molecule has 20 heavy (non-hydrogen) atoms. The molecule has 1 aromatic carbocycles. The van der Waals surface area contributed by atoms with Crippen LogP contribution < -0.4 is 4.31 Å². The van der Waals surface area contributed by atoms with Gasteiger partial charge in [-0.25, -0.2) is 8.42 Å². The Morgan fingerprint density at radius 1 is 1.25 bits per heavy atom. The second-order valence-electron chi connectivity index (χ2n) is 4.50. The monoisotopic (exact) mass is 373 g/mol. The topological polar surface area (TPSA) is 57.6 Å². The predicted octanol–water partition coefficient (Wildman–Crippen LogP) is 3.14. The number of rotatable bonds is 2. The van der Waals surface area contributed by atoms with E-state index in [-0.39, 0.29) is 6.54 Å². The third-order valence-electron chi connectivity index (χ3n) is 3.26. The van der Waals surface area contributed by atoms with Gasteiger partial charge in [0.25, 0.3) is 10.0 Å². The zero-order chi connectivity index (χ0) is 14.3. The van der Waals surface area contributed by atoms with E-state index in [0.717, 1.165) is 3.79 Å². The Hall–Kier alpha value is -0.890. The molecule has 0 amide bonds. The number of hydrogen-bond acceptors (Lipinski definition) is 4. The molecule has 2 aromatic rings. The van der Waals surface area contributed by atoms with Gasteiger partial charge < -0.3 is 5.11 Å². The molecular formula is C13H12BrNO3S2. The van der Waals surface area contributed by atoms with Crippen molar-refractivity contribution >= 4 is 43.0 Å². The first-order valence-corrected chi connectivity index (χ1v) is 9.10. The number of hydrogen-bond donors (Lipinski definition) is 1. The largest absolute Gasteiger partial charge is 0.388 e. The van der Waals surface area contributed by atoms with Crippen molar-refractivity contribution in [3.8, 4) is 0 Å². The molecule has 1 aliphatic heterocycles. The molecule has 1 aromatic heterocycles. The normalized spacial score (nSPS) is 18.9. The lowest BCUT2D eigenvalue weighted by Crippen LogP contribution is -2.36. The Bertz CT molecular complexity index is 742. The molecule has 1 unspecified atom stereocenters. The van der Waals surface area contributed by atoms with Gasteiger partial charge in [-0.1, -0.05) is 18.2 Å². The van der Waals surface area contributed by atoms with E-state index in [1.54, 1.807) is 36.4 Å². The molecule has 7 heteroatoms. The lowest BCUT2D eigenvalue weighted by Gasteiger charge is -2.32. The molecule has 0 saturated carbocycles. The second kappa shape index (κ2) is 5.14. The quantitative estimate of drug-likeness (QED) is 0.879. The van der Waals surface area contributed by atoms with E-state index in [4.69, 9.17) is 0 Å². The molecule has 0 fully saturated rings. The maximum Gasteiger partial charge on any atom is 0.273 e. The van der Waals surface area contributed by atoms with Gasteiger partial charge in [-0.05, 0) is 40.5 Å². The van der Waals surface area contributed by atoms with Crippen molar-refractivity contribution in [1.29, 1.82) is 0 Å². The highest BCUT2D eigenvalue weighted by atomic mass is 79.9. The average Bonchev–Trinajstić information content (AvgIpc) is 2.87. The van der Waals surface area contributed by atoms with Crippen molar-refractivity contribution in [3.63, 3.8) is 0 Å². The second-order valence-corrected chi connectivity index (χ2v) is 9.05. The minimum absolute atomic E-state index is 0.288. The summed E-state index contributed by atoms with van der Waals surface area (Å²) in [7, 11) is -3.57. The molecule has 4 nitrogen and oxygen atoms in total. The van der Waals surface area contributed by atoms with Crippen molar-refractivity contribution in [2.45, 2.75) is 16.7 Å². The molecule has 0 bridgehead atoms. The molecule has 1 aliphatic rings. The Morgan fingerprint density at radius 2 is 2.00 bits per heavy atom. The summed E-state index contributed by atoms with van der Waals surface area (Å²) >= 11 is 4.47. The van der Waals surface area contributed by atoms with Crippen LogP contribution in [0.3, 0.4) is 0 Å². The highest BCUT2D eigenvalue weighted by Crippen LogP contribution is 2.38. The van der Waals surface area contributed by atoms with Crippen molar-refractivity contribution in [3.05, 3.63) is 45.7 Å². The van der Waals surface area contributed by atoms with Crippen LogP contribution in [0.15, 0.2) is 44.4 Å². The third kappa shape index (κ3) is 2.28. The molecule has 2 heterocycles. The summed E-state index contributed by atoms with van der Waals surface area (Å²) in [6, 6.07) is 10.4. The first-order valence-electron chi connectivity index (χ1n) is 6.05. The van der Waals surface area contributed by atoms with Gasteiger partial charge in [0.2, 0.25) is 0 Å². The van der Waals surface area contributed by atoms with Crippen molar-refractivity contribution in [2.24, 2.45) is 0 Å². The van der Waals surface area contributed by atoms with Crippen LogP contribution in [0.5, 0.6) is 0 Å². The number of aliphatic hydroxyl groups excluding tert-OH is 1. The number of fused-ring (bicyclic) bond motifs is 1. The Kier molecular flexibility index (Phi) is 3.62. The highest BCUT2D eigenvalue weighted by molar-refractivity contribution is 9.11. The van der Waals surface area contributed by atoms with Gasteiger partial charge in [-0.2, -0.15) is 0 Å². The smallest absolute Gasteiger partial charge is 0.273 e. The fraction of sp³-hybridized carbons (Fsp3) is 0.231. The lowest BCUT2D eigenvalue weighted by molar-refractivity contribution is 0.166. The molecule has 1 N–H and O–H groups in total. The highest BCUT2D eigenvalue weighted by Gasteiger charge is 2.32. The standard InChI is InChI=1S/C13H12BrNO3S2/c14-12-5-6-13(19-12)20(17,18)15-8-7-11(16)9-3-1-2-4-10(9)15/h1-6,11,16H,7-8H2. The fourth-order valence-electron chi connectivity index (χ4n) is 2.31. The number of anilines is 1. The molecule has 3 rings (SSSR count). The van der Waals surface area contributed by atoms with Crippen molar-refractivity contribution in [2.75, 3.05) is 10.8 Å². The number of nitrogens with zero attached hydrogens (tertiary/aromatic N) is 1. The molecular weight excluding hydrogens is 362 g/mol. The maximum absolute atomic E-state index is 12.7. The summed E-state index contributed by atoms with van der Waals surface area (Å²) in [6.07, 6.45) is -0.198. The summed E-state index contributed by atoms with van der Waals surface area (Å²) in [6.45, 7) is 0.288. The van der Waals surface area contributed by atoms with E-state index in [1.807, 2.05) is 0 Å². The van der Waals surface area contributed by atoms with Crippen LogP contribution in [-0.2, 0) is 10.0 Å². The lowest BCUT2D eigenvalue weighted by atomic mass is 10.0. The van der Waals surface area contributed by atoms with Gasteiger partial charge in [-0.15, -0.1) is 11.3 Å². The van der Waals surface area contributed by atoms with Crippen LogP contribution in [0.4, 0.5) is 5.69 Å². The van der Waals surface area contributed by atoms with E-state index in [0.29, 0.717) is 21.9 Å². The molecule has 106 valence electrons. The Morgan fingerprint density at radius 3 is 2.70 bits per heavy atom. The summed E-state index contributed by atoms with van der Waals surface area (Å²) in [4.78, 5) is 0. The van der Waals surface area contributed by atoms with Crippen LogP contribution in [-0.4, -0.2) is 20.1 Å². The summed E-state index contributed by atoms with van der Waals surface area (Å²) in [5.74, 6) is 0. The summed E-state index contributed by atoms with van der Waals surface area (Å²) in [5.41, 5.74) is 1.23. The van der Waals surface area contributed by atoms with Crippen LogP contribution in [0.1, 0.15) is 18.1 Å². The Balaban J connectivity index is 2.10. The number of thiophene rings is 1. The third-order valence-corrected chi connectivity index (χ3v) is 7.17. The maximum atomic E-state index is 12.7. The number of aliphatic hydroxyl groups is 1. The zero-order valence-electron chi connectivity index (χ0n) is 10.4. The van der Waals surface area contributed by atoms with Gasteiger partial charge in [0.05, 0.1) is 15.6 Å². The first-order chi connectivity index (χ1) is 9.50. The SMILES string of the molecule is O=S(=O)(c1ccc(Br)s1)N1CCC(O)c2ccccc21. The van der Waals surface area contributed by atoms with Gasteiger partial charge >= 0.3 is 0 Å². The minimum atomic E-state index is -3.57. The minimum Gasteiger partial charge on any atom is -0.388 e. The van der Waals surface area contributed by atoms with Crippen LogP contribution in [0, 0.1) is 0 Å². The number of halogens is 1. The van der Waals surface area contributed by atoms with Gasteiger partial charge in [0.1, 0.15) is 4.21 Å². The number of para-hydroxylation sites is 1. The average molecular weight is 374 g/mol. The molecule has 0 saturated heterocycles. The van der Waals surface area contributed by atoms with Gasteiger partial charge in [0, 0.05) is 12.1 Å². The van der Waals surface area contributed by atoms with Crippen LogP contribution >= 0.6 is 27.3 Å². The number of sulfonamides is 1.